The van der Waals surface area contributed by atoms with Crippen molar-refractivity contribution in [3.63, 3.8) is 0 Å². The lowest BCUT2D eigenvalue weighted by Gasteiger charge is -2.38. The van der Waals surface area contributed by atoms with Crippen molar-refractivity contribution in [2.75, 3.05) is 31.9 Å². The largest absolute Gasteiger partial charge is 0.491 e. The number of anilines is 1. The molecule has 2 heterocycles. The zero-order valence-corrected chi connectivity index (χ0v) is 16.0. The van der Waals surface area contributed by atoms with Gasteiger partial charge in [-0.05, 0) is 57.6 Å². The predicted molar refractivity (Wildman–Crippen MR) is 107 cm³/mol. The Morgan fingerprint density at radius 3 is 2.81 bits per heavy atom. The quantitative estimate of drug-likeness (QED) is 0.485. The van der Waals surface area contributed by atoms with Gasteiger partial charge in [0.1, 0.15) is 11.5 Å². The van der Waals surface area contributed by atoms with Crippen LogP contribution in [0.4, 0.5) is 5.69 Å². The van der Waals surface area contributed by atoms with Gasteiger partial charge in [-0.1, -0.05) is 0 Å². The van der Waals surface area contributed by atoms with E-state index in [0.717, 1.165) is 38.3 Å². The number of nitrogens with zero attached hydrogens (tertiary/aromatic N) is 3. The van der Waals surface area contributed by atoms with Crippen LogP contribution in [-0.4, -0.2) is 52.9 Å². The third-order valence-corrected chi connectivity index (χ3v) is 4.62. The fourth-order valence-electron chi connectivity index (χ4n) is 3.19. The molecule has 7 nitrogen and oxygen atoms in total. The number of hydrogen-bond donors (Lipinski definition) is 3. The molecular weight excluding hydrogens is 340 g/mol. The van der Waals surface area contributed by atoms with Crippen LogP contribution in [0.5, 0.6) is 5.75 Å². The predicted octanol–water partition coefficient (Wildman–Crippen LogP) is 2.01. The number of likely N-dealkylation sites (tertiary alicyclic amines) is 1. The van der Waals surface area contributed by atoms with E-state index in [9.17, 15) is 0 Å². The third-order valence-electron chi connectivity index (χ3n) is 4.62. The zero-order chi connectivity index (χ0) is 19.4. The molecule has 1 saturated heterocycles. The number of nitrogens with one attached hydrogen (secondary N) is 1. The Bertz CT molecular complexity index is 801. The summed E-state index contributed by atoms with van der Waals surface area (Å²) >= 11 is 0. The first-order chi connectivity index (χ1) is 13.0. The SMILES string of the molecule is CC(C)Oc1ccc(N)c(C(=N)c2nccc(C3CN(CCCN)C3)n2)c1. The number of ether oxygens (including phenoxy) is 1. The molecule has 2 aromatic rings. The summed E-state index contributed by atoms with van der Waals surface area (Å²) in [7, 11) is 0. The molecule has 1 aromatic carbocycles. The minimum absolute atomic E-state index is 0.0519. The number of aromatic nitrogens is 2. The second kappa shape index (κ2) is 8.45. The molecule has 0 bridgehead atoms. The summed E-state index contributed by atoms with van der Waals surface area (Å²) in [5.74, 6) is 1.45. The average molecular weight is 368 g/mol. The van der Waals surface area contributed by atoms with Crippen LogP contribution in [-0.2, 0) is 0 Å². The van der Waals surface area contributed by atoms with Gasteiger partial charge in [-0.25, -0.2) is 9.97 Å². The van der Waals surface area contributed by atoms with Crippen LogP contribution in [0.3, 0.4) is 0 Å². The first kappa shape index (κ1) is 19.3. The van der Waals surface area contributed by atoms with E-state index >= 15 is 0 Å². The molecule has 1 aliphatic heterocycles. The van der Waals surface area contributed by atoms with Gasteiger partial charge < -0.3 is 21.1 Å². The molecule has 0 spiro atoms. The highest BCUT2D eigenvalue weighted by molar-refractivity contribution is 6.11. The Labute approximate surface area is 160 Å². The fourth-order valence-corrected chi connectivity index (χ4v) is 3.19. The van der Waals surface area contributed by atoms with Gasteiger partial charge >= 0.3 is 0 Å². The number of benzene rings is 1. The molecule has 7 heteroatoms. The van der Waals surface area contributed by atoms with Crippen molar-refractivity contribution >= 4 is 11.4 Å². The molecule has 5 N–H and O–H groups in total. The standard InChI is InChI=1S/C20H28N6O/c1-13(2)27-15-4-5-17(22)16(10-15)19(23)20-24-8-6-18(25-20)14-11-26(12-14)9-3-7-21/h4-6,8,10,13-14,23H,3,7,9,11-12,21-22H2,1-2H3. The van der Waals surface area contributed by atoms with E-state index in [1.54, 1.807) is 18.3 Å². The normalized spacial score (nSPS) is 15.0. The van der Waals surface area contributed by atoms with E-state index in [1.165, 1.54) is 0 Å². The van der Waals surface area contributed by atoms with Gasteiger partial charge in [0.25, 0.3) is 0 Å². The Morgan fingerprint density at radius 1 is 1.33 bits per heavy atom. The molecule has 144 valence electrons. The monoisotopic (exact) mass is 368 g/mol. The molecule has 0 radical (unpaired) electrons. The summed E-state index contributed by atoms with van der Waals surface area (Å²) in [6, 6.07) is 7.29. The van der Waals surface area contributed by atoms with Gasteiger partial charge in [0, 0.05) is 36.5 Å². The van der Waals surface area contributed by atoms with Gasteiger partial charge in [0.2, 0.25) is 0 Å². The lowest BCUT2D eigenvalue weighted by atomic mass is 9.95. The van der Waals surface area contributed by atoms with Crippen LogP contribution in [0, 0.1) is 5.41 Å². The zero-order valence-electron chi connectivity index (χ0n) is 16.0. The highest BCUT2D eigenvalue weighted by Gasteiger charge is 2.29. The summed E-state index contributed by atoms with van der Waals surface area (Å²) in [5, 5.41) is 8.55. The Kier molecular flexibility index (Phi) is 6.03. The highest BCUT2D eigenvalue weighted by atomic mass is 16.5. The van der Waals surface area contributed by atoms with Crippen LogP contribution in [0.2, 0.25) is 0 Å². The van der Waals surface area contributed by atoms with E-state index in [2.05, 4.69) is 14.9 Å². The molecular formula is C20H28N6O. The lowest BCUT2D eigenvalue weighted by Crippen LogP contribution is -2.46. The van der Waals surface area contributed by atoms with Crippen LogP contribution < -0.4 is 16.2 Å². The van der Waals surface area contributed by atoms with Crippen LogP contribution in [0.25, 0.3) is 0 Å². The maximum absolute atomic E-state index is 8.55. The minimum Gasteiger partial charge on any atom is -0.491 e. The maximum Gasteiger partial charge on any atom is 0.178 e. The van der Waals surface area contributed by atoms with Gasteiger partial charge in [0.15, 0.2) is 5.82 Å². The summed E-state index contributed by atoms with van der Waals surface area (Å²) < 4.78 is 5.72. The number of hydrogen-bond acceptors (Lipinski definition) is 7. The Balaban J connectivity index is 1.75. The van der Waals surface area contributed by atoms with Gasteiger partial charge in [-0.15, -0.1) is 0 Å². The average Bonchev–Trinajstić information content (AvgIpc) is 2.61. The summed E-state index contributed by atoms with van der Waals surface area (Å²) in [6.07, 6.45) is 2.79. The molecule has 1 fully saturated rings. The van der Waals surface area contributed by atoms with Crippen LogP contribution >= 0.6 is 0 Å². The van der Waals surface area contributed by atoms with Crippen molar-refractivity contribution in [3.05, 3.63) is 47.5 Å². The molecule has 0 unspecified atom stereocenters. The van der Waals surface area contributed by atoms with Crippen LogP contribution in [0.1, 0.15) is 43.3 Å². The van der Waals surface area contributed by atoms with Crippen molar-refractivity contribution in [3.8, 4) is 5.75 Å². The topological polar surface area (TPSA) is 114 Å². The molecule has 27 heavy (non-hydrogen) atoms. The number of nitrogens with two attached hydrogens (primary N) is 2. The van der Waals surface area contributed by atoms with Crippen LogP contribution in [0.15, 0.2) is 30.5 Å². The first-order valence-corrected chi connectivity index (χ1v) is 9.38. The fraction of sp³-hybridized carbons (Fsp3) is 0.450. The second-order valence-corrected chi connectivity index (χ2v) is 7.19. The van der Waals surface area contributed by atoms with E-state index in [0.29, 0.717) is 28.7 Å². The molecule has 3 rings (SSSR count). The minimum atomic E-state index is 0.0519. The van der Waals surface area contributed by atoms with E-state index in [4.69, 9.17) is 21.6 Å². The Hall–Kier alpha value is -2.51. The third kappa shape index (κ3) is 4.61. The number of nitrogen functional groups attached to an aromatic ring is 1. The summed E-state index contributed by atoms with van der Waals surface area (Å²) in [4.78, 5) is 11.3. The van der Waals surface area contributed by atoms with Gasteiger partial charge in [-0.2, -0.15) is 0 Å². The van der Waals surface area contributed by atoms with Gasteiger partial charge in [-0.3, -0.25) is 5.41 Å². The molecule has 0 atom stereocenters. The summed E-state index contributed by atoms with van der Waals surface area (Å²) in [6.45, 7) is 7.62. The van der Waals surface area contributed by atoms with Crippen molar-refractivity contribution in [2.45, 2.75) is 32.3 Å². The van der Waals surface area contributed by atoms with Crippen molar-refractivity contribution in [1.29, 1.82) is 5.41 Å². The molecule has 0 aliphatic carbocycles. The Morgan fingerprint density at radius 2 is 2.11 bits per heavy atom. The van der Waals surface area contributed by atoms with Crippen molar-refractivity contribution in [1.82, 2.24) is 14.9 Å². The van der Waals surface area contributed by atoms with E-state index < -0.39 is 0 Å². The maximum atomic E-state index is 8.55. The van der Waals surface area contributed by atoms with E-state index in [1.807, 2.05) is 26.0 Å². The van der Waals surface area contributed by atoms with Crippen molar-refractivity contribution in [2.24, 2.45) is 5.73 Å². The van der Waals surface area contributed by atoms with Gasteiger partial charge in [0.05, 0.1) is 11.8 Å². The van der Waals surface area contributed by atoms with Crippen molar-refractivity contribution < 1.29 is 4.74 Å². The summed E-state index contributed by atoms with van der Waals surface area (Å²) in [5.41, 5.74) is 13.9. The molecule has 0 saturated carbocycles. The number of rotatable bonds is 8. The second-order valence-electron chi connectivity index (χ2n) is 7.19. The highest BCUT2D eigenvalue weighted by Crippen LogP contribution is 2.26. The van der Waals surface area contributed by atoms with E-state index in [-0.39, 0.29) is 11.8 Å². The lowest BCUT2D eigenvalue weighted by molar-refractivity contribution is 0.145. The first-order valence-electron chi connectivity index (χ1n) is 9.38. The molecule has 0 amide bonds. The smallest absolute Gasteiger partial charge is 0.178 e. The molecule has 1 aliphatic rings. The molecule has 1 aromatic heterocycles.